The number of hydrogen-bond acceptors (Lipinski definition) is 2. The molecule has 0 aromatic heterocycles. The number of carbonyl (C=O) groups excluding carboxylic acids is 1. The Morgan fingerprint density at radius 2 is 2.06 bits per heavy atom. The highest BCUT2D eigenvalue weighted by Gasteiger charge is 2.29. The maximum Gasteiger partial charge on any atom is 0.154 e. The fraction of sp³-hybridized carbons (Fsp3) is 0.429. The van der Waals surface area contributed by atoms with Crippen molar-refractivity contribution in [3.63, 3.8) is 0 Å². The van der Waals surface area contributed by atoms with Gasteiger partial charge in [0.2, 0.25) is 0 Å². The summed E-state index contributed by atoms with van der Waals surface area (Å²) in [6.45, 7) is 2.00. The number of ketones is 1. The minimum atomic E-state index is -0.568. The second kappa shape index (κ2) is 4.49. The molecule has 0 aliphatic heterocycles. The summed E-state index contributed by atoms with van der Waals surface area (Å²) < 4.78 is 0. The van der Waals surface area contributed by atoms with Gasteiger partial charge in [0, 0.05) is 6.42 Å². The Morgan fingerprint density at radius 1 is 1.44 bits per heavy atom. The van der Waals surface area contributed by atoms with Gasteiger partial charge in [0.25, 0.3) is 0 Å². The summed E-state index contributed by atoms with van der Waals surface area (Å²) in [6.07, 6.45) is 2.88. The highest BCUT2D eigenvalue weighted by Crippen LogP contribution is 2.34. The third-order valence-corrected chi connectivity index (χ3v) is 3.05. The van der Waals surface area contributed by atoms with Gasteiger partial charge in [-0.15, -0.1) is 0 Å². The van der Waals surface area contributed by atoms with Crippen molar-refractivity contribution in [2.75, 3.05) is 0 Å². The molecule has 1 aliphatic rings. The van der Waals surface area contributed by atoms with Crippen LogP contribution in [0.5, 0.6) is 0 Å². The largest absolute Gasteiger partial charge is 0.298 e. The van der Waals surface area contributed by atoms with Gasteiger partial charge in [0.15, 0.2) is 5.78 Å². The molecule has 82 valence electrons. The van der Waals surface area contributed by atoms with Crippen molar-refractivity contribution in [3.8, 4) is 6.07 Å². The lowest BCUT2D eigenvalue weighted by Gasteiger charge is -2.08. The third kappa shape index (κ3) is 2.49. The van der Waals surface area contributed by atoms with Crippen LogP contribution in [0, 0.1) is 24.2 Å². The van der Waals surface area contributed by atoms with Crippen LogP contribution in [0.1, 0.15) is 36.3 Å². The summed E-state index contributed by atoms with van der Waals surface area (Å²) in [7, 11) is 0. The van der Waals surface area contributed by atoms with E-state index in [-0.39, 0.29) is 5.78 Å². The molecule has 0 saturated heterocycles. The zero-order valence-electron chi connectivity index (χ0n) is 9.44. The van der Waals surface area contributed by atoms with Crippen LogP contribution in [0.4, 0.5) is 0 Å². The van der Waals surface area contributed by atoms with Crippen molar-refractivity contribution in [2.45, 2.75) is 32.1 Å². The van der Waals surface area contributed by atoms with E-state index in [2.05, 4.69) is 6.07 Å². The smallest absolute Gasteiger partial charge is 0.154 e. The van der Waals surface area contributed by atoms with Gasteiger partial charge in [-0.3, -0.25) is 4.79 Å². The van der Waals surface area contributed by atoms with Crippen molar-refractivity contribution in [3.05, 3.63) is 35.4 Å². The molecule has 2 nitrogen and oxygen atoms in total. The molecule has 0 heterocycles. The van der Waals surface area contributed by atoms with E-state index in [1.165, 1.54) is 0 Å². The molecule has 1 atom stereocenters. The number of Topliss-reactive ketones (excluding diaryl/α,β-unsaturated/α-hetero) is 1. The molecule has 2 heteroatoms. The average molecular weight is 213 g/mol. The van der Waals surface area contributed by atoms with Crippen molar-refractivity contribution >= 4 is 5.78 Å². The van der Waals surface area contributed by atoms with E-state index >= 15 is 0 Å². The number of hydrogen-bond donors (Lipinski definition) is 0. The summed E-state index contributed by atoms with van der Waals surface area (Å²) in [6, 6.07) is 9.78. The zero-order valence-corrected chi connectivity index (χ0v) is 9.44. The Bertz CT molecular complexity index is 423. The number of nitriles is 1. The highest BCUT2D eigenvalue weighted by molar-refractivity contribution is 5.88. The van der Waals surface area contributed by atoms with Crippen LogP contribution in [0.25, 0.3) is 0 Å². The lowest BCUT2D eigenvalue weighted by Crippen LogP contribution is -2.11. The predicted octanol–water partition coefficient (Wildman–Crippen LogP) is 2.97. The van der Waals surface area contributed by atoms with Gasteiger partial charge in [-0.2, -0.15) is 5.26 Å². The van der Waals surface area contributed by atoms with Gasteiger partial charge in [0.05, 0.1) is 6.07 Å². The Labute approximate surface area is 95.9 Å². The van der Waals surface area contributed by atoms with Crippen molar-refractivity contribution in [1.29, 1.82) is 5.26 Å². The maximum absolute atomic E-state index is 11.9. The number of benzene rings is 1. The zero-order chi connectivity index (χ0) is 11.5. The monoisotopic (exact) mass is 213 g/mol. The van der Waals surface area contributed by atoms with E-state index in [0.29, 0.717) is 12.3 Å². The lowest BCUT2D eigenvalue weighted by molar-refractivity contribution is -0.119. The van der Waals surface area contributed by atoms with Crippen molar-refractivity contribution < 1.29 is 4.79 Å². The van der Waals surface area contributed by atoms with Gasteiger partial charge in [-0.05, 0) is 31.2 Å². The molecular formula is C14H15NO. The fourth-order valence-corrected chi connectivity index (χ4v) is 1.82. The molecule has 1 unspecified atom stereocenters. The van der Waals surface area contributed by atoms with Crippen LogP contribution in [0.15, 0.2) is 24.3 Å². The molecule has 0 spiro atoms. The maximum atomic E-state index is 11.9. The fourth-order valence-electron chi connectivity index (χ4n) is 1.82. The van der Waals surface area contributed by atoms with Crippen molar-refractivity contribution in [1.82, 2.24) is 0 Å². The van der Waals surface area contributed by atoms with Crippen LogP contribution < -0.4 is 0 Å². The van der Waals surface area contributed by atoms with Gasteiger partial charge in [0.1, 0.15) is 5.92 Å². The summed E-state index contributed by atoms with van der Waals surface area (Å²) in [5.74, 6) is 0.0591. The Kier molecular flexibility index (Phi) is 3.05. The van der Waals surface area contributed by atoms with Gasteiger partial charge >= 0.3 is 0 Å². The van der Waals surface area contributed by atoms with Crippen molar-refractivity contribution in [2.24, 2.45) is 5.92 Å². The minimum absolute atomic E-state index is 0.0776. The molecule has 0 radical (unpaired) electrons. The summed E-state index contributed by atoms with van der Waals surface area (Å²) in [5, 5.41) is 9.08. The lowest BCUT2D eigenvalue weighted by atomic mass is 9.92. The first-order valence-electron chi connectivity index (χ1n) is 5.69. The molecule has 16 heavy (non-hydrogen) atoms. The van der Waals surface area contributed by atoms with Gasteiger partial charge < -0.3 is 0 Å². The Balaban J connectivity index is 2.12. The Hall–Kier alpha value is -1.62. The second-order valence-corrected chi connectivity index (χ2v) is 4.59. The summed E-state index contributed by atoms with van der Waals surface area (Å²) >= 11 is 0. The molecule has 0 N–H and O–H groups in total. The van der Waals surface area contributed by atoms with E-state index in [1.807, 2.05) is 31.2 Å². The molecule has 1 saturated carbocycles. The first kappa shape index (κ1) is 10.9. The minimum Gasteiger partial charge on any atom is -0.298 e. The summed E-state index contributed by atoms with van der Waals surface area (Å²) in [5.41, 5.74) is 1.98. The first-order chi connectivity index (χ1) is 7.70. The van der Waals surface area contributed by atoms with Crippen LogP contribution in [0.3, 0.4) is 0 Å². The second-order valence-electron chi connectivity index (χ2n) is 4.59. The van der Waals surface area contributed by atoms with E-state index in [9.17, 15) is 4.79 Å². The number of nitrogens with zero attached hydrogens (tertiary/aromatic N) is 1. The third-order valence-electron chi connectivity index (χ3n) is 3.05. The molecule has 1 aromatic carbocycles. The van der Waals surface area contributed by atoms with Crippen LogP contribution in [-0.4, -0.2) is 5.78 Å². The molecular weight excluding hydrogens is 198 g/mol. The highest BCUT2D eigenvalue weighted by atomic mass is 16.1. The van der Waals surface area contributed by atoms with E-state index in [4.69, 9.17) is 5.26 Å². The van der Waals surface area contributed by atoms with Crippen LogP contribution >= 0.6 is 0 Å². The molecule has 2 rings (SSSR count). The molecule has 1 fully saturated rings. The van der Waals surface area contributed by atoms with Gasteiger partial charge in [-0.25, -0.2) is 0 Å². The van der Waals surface area contributed by atoms with Crippen LogP contribution in [0.2, 0.25) is 0 Å². The quantitative estimate of drug-likeness (QED) is 0.771. The van der Waals surface area contributed by atoms with Crippen LogP contribution in [-0.2, 0) is 4.79 Å². The van der Waals surface area contributed by atoms with E-state index in [1.54, 1.807) is 0 Å². The summed E-state index contributed by atoms with van der Waals surface area (Å²) in [4.78, 5) is 11.9. The number of carbonyl (C=O) groups is 1. The average Bonchev–Trinajstić information content (AvgIpc) is 3.06. The Morgan fingerprint density at radius 3 is 2.56 bits per heavy atom. The standard InChI is InChI=1S/C14H15NO/c1-10-2-6-12(7-3-10)13(9-15)14(16)8-11-4-5-11/h2-3,6-7,11,13H,4-5,8H2,1H3. The first-order valence-corrected chi connectivity index (χ1v) is 5.69. The van der Waals surface area contributed by atoms with E-state index < -0.39 is 5.92 Å². The topological polar surface area (TPSA) is 40.9 Å². The SMILES string of the molecule is Cc1ccc(C(C#N)C(=O)CC2CC2)cc1. The number of aryl methyl sites for hydroxylation is 1. The molecule has 1 aliphatic carbocycles. The molecule has 0 amide bonds. The van der Waals surface area contributed by atoms with Gasteiger partial charge in [-0.1, -0.05) is 29.8 Å². The number of rotatable bonds is 4. The normalized spacial score (nSPS) is 16.5. The molecule has 0 bridgehead atoms. The predicted molar refractivity (Wildman–Crippen MR) is 61.9 cm³/mol. The molecule has 1 aromatic rings. The van der Waals surface area contributed by atoms with E-state index in [0.717, 1.165) is 24.0 Å².